The minimum Gasteiger partial charge on any atom is -0.323 e. The van der Waals surface area contributed by atoms with Crippen molar-refractivity contribution < 1.29 is 0 Å². The van der Waals surface area contributed by atoms with Gasteiger partial charge in [0.25, 0.3) is 0 Å². The summed E-state index contributed by atoms with van der Waals surface area (Å²) in [6.07, 6.45) is 11.2. The first-order chi connectivity index (χ1) is 8.15. The lowest BCUT2D eigenvalue weighted by atomic mass is 10.1. The lowest BCUT2D eigenvalue weighted by Gasteiger charge is -1.95. The van der Waals surface area contributed by atoms with Crippen molar-refractivity contribution in [1.29, 1.82) is 0 Å². The highest BCUT2D eigenvalue weighted by molar-refractivity contribution is 5.34. The summed E-state index contributed by atoms with van der Waals surface area (Å²) in [5.74, 6) is 0. The van der Waals surface area contributed by atoms with E-state index in [-0.39, 0.29) is 0 Å². The second-order valence-electron chi connectivity index (χ2n) is 3.24. The Morgan fingerprint density at radius 3 is 2.00 bits per heavy atom. The molecule has 0 aromatic heterocycles. The molecule has 0 bridgehead atoms. The molecular formula is C16H31N. The van der Waals surface area contributed by atoms with Gasteiger partial charge in [-0.15, -0.1) is 0 Å². The van der Waals surface area contributed by atoms with Crippen molar-refractivity contribution in [3.8, 4) is 0 Å². The van der Waals surface area contributed by atoms with Gasteiger partial charge in [0.15, 0.2) is 0 Å². The maximum atomic E-state index is 3.75. The topological polar surface area (TPSA) is 12.0 Å². The van der Waals surface area contributed by atoms with Crippen LogP contribution in [-0.4, -0.2) is 14.1 Å². The summed E-state index contributed by atoms with van der Waals surface area (Å²) in [7, 11) is 3.75. The quantitative estimate of drug-likeness (QED) is 0.686. The molecule has 0 aromatic carbocycles. The van der Waals surface area contributed by atoms with Gasteiger partial charge < -0.3 is 5.32 Å². The summed E-state index contributed by atoms with van der Waals surface area (Å²) in [6, 6.07) is 0. The number of allylic oxidation sites excluding steroid dienone is 7. The van der Waals surface area contributed by atoms with E-state index >= 15 is 0 Å². The Labute approximate surface area is 109 Å². The highest BCUT2D eigenvalue weighted by Gasteiger charge is 1.85. The van der Waals surface area contributed by atoms with Crippen LogP contribution < -0.4 is 5.32 Å². The molecule has 0 unspecified atom stereocenters. The van der Waals surface area contributed by atoms with Crippen molar-refractivity contribution in [2.24, 2.45) is 0 Å². The molecule has 0 saturated carbocycles. The van der Waals surface area contributed by atoms with E-state index in [9.17, 15) is 0 Å². The van der Waals surface area contributed by atoms with Crippen LogP contribution >= 0.6 is 0 Å². The lowest BCUT2D eigenvalue weighted by Crippen LogP contribution is -1.89. The van der Waals surface area contributed by atoms with Crippen LogP contribution in [0, 0.1) is 0 Å². The van der Waals surface area contributed by atoms with E-state index in [1.54, 1.807) is 0 Å². The Hall–Kier alpha value is -1.08. The van der Waals surface area contributed by atoms with Crippen LogP contribution in [0.15, 0.2) is 48.1 Å². The van der Waals surface area contributed by atoms with Crippen molar-refractivity contribution in [2.75, 3.05) is 14.1 Å². The average Bonchev–Trinajstić information content (AvgIpc) is 2.37. The Morgan fingerprint density at radius 1 is 1.24 bits per heavy atom. The van der Waals surface area contributed by atoms with E-state index < -0.39 is 0 Å². The second kappa shape index (κ2) is 20.3. The minimum absolute atomic E-state index is 1.10. The summed E-state index contributed by atoms with van der Waals surface area (Å²) < 4.78 is 0. The van der Waals surface area contributed by atoms with Crippen LogP contribution in [0.1, 0.15) is 41.0 Å². The first kappa shape index (κ1) is 21.2. The highest BCUT2D eigenvalue weighted by Crippen LogP contribution is 2.06. The summed E-state index contributed by atoms with van der Waals surface area (Å²) in [5.41, 5.74) is 2.55. The molecule has 1 heteroatoms. The van der Waals surface area contributed by atoms with Crippen LogP contribution in [0.5, 0.6) is 0 Å². The molecule has 0 rings (SSSR count). The molecule has 0 aliphatic rings. The molecule has 0 spiro atoms. The zero-order valence-corrected chi connectivity index (χ0v) is 12.8. The summed E-state index contributed by atoms with van der Waals surface area (Å²) >= 11 is 0. The normalized spacial score (nSPS) is 11.2. The second-order valence-corrected chi connectivity index (χ2v) is 3.24. The van der Waals surface area contributed by atoms with Gasteiger partial charge in [0.1, 0.15) is 0 Å². The molecule has 100 valence electrons. The van der Waals surface area contributed by atoms with E-state index in [1.807, 2.05) is 53.1 Å². The van der Waals surface area contributed by atoms with Crippen molar-refractivity contribution in [3.05, 3.63) is 48.1 Å². The number of hydrogen-bond acceptors (Lipinski definition) is 1. The molecule has 0 fully saturated rings. The van der Waals surface area contributed by atoms with E-state index in [1.165, 1.54) is 11.1 Å². The maximum absolute atomic E-state index is 3.75. The third-order valence-corrected chi connectivity index (χ3v) is 1.69. The minimum atomic E-state index is 1.10. The fraction of sp³-hybridized carbons (Fsp3) is 0.500. The van der Waals surface area contributed by atoms with Gasteiger partial charge in [-0.25, -0.2) is 0 Å². The molecule has 0 aliphatic carbocycles. The molecule has 0 aromatic rings. The largest absolute Gasteiger partial charge is 0.323 e. The molecule has 1 N–H and O–H groups in total. The Morgan fingerprint density at radius 2 is 1.71 bits per heavy atom. The maximum Gasteiger partial charge on any atom is -0.0167 e. The third kappa shape index (κ3) is 20.9. The van der Waals surface area contributed by atoms with Gasteiger partial charge in [-0.3, -0.25) is 0 Å². The van der Waals surface area contributed by atoms with Gasteiger partial charge >= 0.3 is 0 Å². The van der Waals surface area contributed by atoms with Crippen molar-refractivity contribution >= 4 is 0 Å². The average molecular weight is 237 g/mol. The van der Waals surface area contributed by atoms with E-state index in [0.29, 0.717) is 0 Å². The molecule has 0 aliphatic heterocycles. The predicted octanol–water partition coefficient (Wildman–Crippen LogP) is 4.89. The summed E-state index contributed by atoms with van der Waals surface area (Å²) in [4.78, 5) is 0. The number of hydrogen-bond donors (Lipinski definition) is 1. The lowest BCUT2D eigenvalue weighted by molar-refractivity contribution is 1.02. The first-order valence-corrected chi connectivity index (χ1v) is 6.37. The molecule has 0 heterocycles. The van der Waals surface area contributed by atoms with E-state index in [4.69, 9.17) is 0 Å². The molecule has 17 heavy (non-hydrogen) atoms. The Kier molecular flexibility index (Phi) is 25.4. The fourth-order valence-electron chi connectivity index (χ4n) is 0.769. The third-order valence-electron chi connectivity index (χ3n) is 1.69. The summed E-state index contributed by atoms with van der Waals surface area (Å²) in [5, 5.41) is 2.75. The standard InChI is InChI=1S/C12H18.C2H7N.C2H6/c1-5-8-9-12(7-3)10-11(4)6-2;1-3-2;1-2/h5,7-10H,3,6H2,1-2,4H3;3H,1-2H3;1-2H3/b8-5-,11-10-,12-9+;;. The van der Waals surface area contributed by atoms with E-state index in [0.717, 1.165) is 6.42 Å². The molecule has 0 radical (unpaired) electrons. The van der Waals surface area contributed by atoms with Gasteiger partial charge in [0.05, 0.1) is 0 Å². The molecular weight excluding hydrogens is 206 g/mol. The monoisotopic (exact) mass is 237 g/mol. The highest BCUT2D eigenvalue weighted by atomic mass is 14.7. The fourth-order valence-corrected chi connectivity index (χ4v) is 0.769. The van der Waals surface area contributed by atoms with Crippen molar-refractivity contribution in [2.45, 2.75) is 41.0 Å². The Balaban J connectivity index is -0.000000337. The van der Waals surface area contributed by atoms with Crippen LogP contribution in [0.2, 0.25) is 0 Å². The molecule has 1 nitrogen and oxygen atoms in total. The predicted molar refractivity (Wildman–Crippen MR) is 83.5 cm³/mol. The molecule has 0 saturated heterocycles. The molecule has 0 atom stereocenters. The van der Waals surface area contributed by atoms with Crippen LogP contribution in [0.4, 0.5) is 0 Å². The summed E-state index contributed by atoms with van der Waals surface area (Å²) in [6.45, 7) is 14.0. The first-order valence-electron chi connectivity index (χ1n) is 6.37. The van der Waals surface area contributed by atoms with Crippen LogP contribution in [-0.2, 0) is 0 Å². The van der Waals surface area contributed by atoms with Gasteiger partial charge in [-0.05, 0) is 39.9 Å². The zero-order valence-electron chi connectivity index (χ0n) is 12.8. The van der Waals surface area contributed by atoms with E-state index in [2.05, 4.69) is 37.9 Å². The zero-order chi connectivity index (χ0) is 14.1. The van der Waals surface area contributed by atoms with Gasteiger partial charge in [0.2, 0.25) is 0 Å². The number of nitrogens with one attached hydrogen (secondary N) is 1. The Bertz CT molecular complexity index is 232. The van der Waals surface area contributed by atoms with Crippen molar-refractivity contribution in [3.63, 3.8) is 0 Å². The van der Waals surface area contributed by atoms with Crippen LogP contribution in [0.25, 0.3) is 0 Å². The van der Waals surface area contributed by atoms with Crippen LogP contribution in [0.3, 0.4) is 0 Å². The smallest absolute Gasteiger partial charge is 0.0167 e. The van der Waals surface area contributed by atoms with Gasteiger partial charge in [-0.1, -0.05) is 63.3 Å². The number of rotatable bonds is 4. The SMILES string of the molecule is C=CC(/C=C(/C)CC)=C\C=C/C.CC.CNC. The van der Waals surface area contributed by atoms with Gasteiger partial charge in [0, 0.05) is 0 Å². The van der Waals surface area contributed by atoms with Crippen molar-refractivity contribution in [1.82, 2.24) is 5.32 Å². The van der Waals surface area contributed by atoms with Gasteiger partial charge in [-0.2, -0.15) is 0 Å². The molecule has 0 amide bonds.